The molecule has 0 N–H and O–H groups in total. The quantitative estimate of drug-likeness (QED) is 0.445. The molecule has 0 fully saturated rings. The lowest BCUT2D eigenvalue weighted by Crippen LogP contribution is -2.28. The van der Waals surface area contributed by atoms with Crippen LogP contribution >= 0.6 is 0 Å². The molecule has 0 saturated heterocycles. The van der Waals surface area contributed by atoms with E-state index in [2.05, 4.69) is 4.98 Å². The molecule has 0 atom stereocenters. The first-order chi connectivity index (χ1) is 14.4. The predicted molar refractivity (Wildman–Crippen MR) is 104 cm³/mol. The van der Waals surface area contributed by atoms with Crippen molar-refractivity contribution in [2.24, 2.45) is 0 Å². The molecule has 0 saturated carbocycles. The molecule has 0 aliphatic rings. The third kappa shape index (κ3) is 4.70. The highest BCUT2D eigenvalue weighted by Crippen LogP contribution is 2.37. The summed E-state index contributed by atoms with van der Waals surface area (Å²) in [7, 11) is 1.27. The third-order valence-electron chi connectivity index (χ3n) is 4.74. The number of carbonyl (C=O) groups is 1. The Morgan fingerprint density at radius 1 is 0.871 bits per heavy atom. The minimum absolute atomic E-state index is 0.0143. The Kier molecular flexibility index (Phi) is 5.80. The summed E-state index contributed by atoms with van der Waals surface area (Å²) in [6.07, 6.45) is -7.28. The molecule has 9 heteroatoms. The molecule has 162 valence electrons. The fraction of sp³-hybridized carbons (Fsp3) is 0.182. The van der Waals surface area contributed by atoms with E-state index in [-0.39, 0.29) is 11.8 Å². The number of pyridine rings is 1. The number of halogens is 6. The standard InChI is InChI=1S/C22H16F6N2O/c1-13-5-3-4-6-17(13)18-7-8-29-12-19(18)30(2)20(31)14-9-15(21(23,24)25)11-16(10-14)22(26,27)28/h3-12H,1-2H3. The van der Waals surface area contributed by atoms with Crippen molar-refractivity contribution in [2.75, 3.05) is 11.9 Å². The Hall–Kier alpha value is -3.36. The Morgan fingerprint density at radius 2 is 1.45 bits per heavy atom. The summed E-state index contributed by atoms with van der Waals surface area (Å²) in [5.74, 6) is -1.03. The van der Waals surface area contributed by atoms with Crippen LogP contribution in [-0.2, 0) is 12.4 Å². The third-order valence-corrected chi connectivity index (χ3v) is 4.74. The Bertz CT molecular complexity index is 1090. The Labute approximate surface area is 174 Å². The molecule has 31 heavy (non-hydrogen) atoms. The first-order valence-electron chi connectivity index (χ1n) is 8.97. The van der Waals surface area contributed by atoms with E-state index in [4.69, 9.17) is 0 Å². The van der Waals surface area contributed by atoms with Gasteiger partial charge < -0.3 is 4.90 Å². The molecule has 0 bridgehead atoms. The van der Waals surface area contributed by atoms with Crippen molar-refractivity contribution in [3.8, 4) is 11.1 Å². The Balaban J connectivity index is 2.10. The van der Waals surface area contributed by atoms with Crippen LogP contribution in [0, 0.1) is 6.92 Å². The van der Waals surface area contributed by atoms with E-state index in [1.54, 1.807) is 18.2 Å². The number of carbonyl (C=O) groups excluding carboxylic acids is 1. The molecule has 0 unspecified atom stereocenters. The molecule has 3 nitrogen and oxygen atoms in total. The van der Waals surface area contributed by atoms with Crippen LogP contribution in [0.4, 0.5) is 32.0 Å². The minimum Gasteiger partial charge on any atom is -0.309 e. The van der Waals surface area contributed by atoms with E-state index < -0.39 is 35.0 Å². The number of amides is 1. The number of benzene rings is 2. The average molecular weight is 438 g/mol. The predicted octanol–water partition coefficient (Wildman–Crippen LogP) is 6.37. The van der Waals surface area contributed by atoms with Crippen LogP contribution in [0.25, 0.3) is 11.1 Å². The van der Waals surface area contributed by atoms with Crippen LogP contribution in [0.1, 0.15) is 27.0 Å². The topological polar surface area (TPSA) is 33.2 Å². The van der Waals surface area contributed by atoms with Crippen LogP contribution in [0.5, 0.6) is 0 Å². The zero-order valence-corrected chi connectivity index (χ0v) is 16.3. The maximum absolute atomic E-state index is 13.2. The molecule has 1 heterocycles. The second-order valence-electron chi connectivity index (χ2n) is 6.87. The number of alkyl halides is 6. The summed E-state index contributed by atoms with van der Waals surface area (Å²) in [5, 5.41) is 0. The first-order valence-corrected chi connectivity index (χ1v) is 8.97. The highest BCUT2D eigenvalue weighted by atomic mass is 19.4. The number of nitrogens with zero attached hydrogens (tertiary/aromatic N) is 2. The maximum Gasteiger partial charge on any atom is 0.416 e. The van der Waals surface area contributed by atoms with Gasteiger partial charge in [0.15, 0.2) is 0 Å². The molecule has 1 aromatic heterocycles. The summed E-state index contributed by atoms with van der Waals surface area (Å²) in [5.41, 5.74) is -1.41. The number of aryl methyl sites for hydroxylation is 1. The SMILES string of the molecule is Cc1ccccc1-c1ccncc1N(C)C(=O)c1cc(C(F)(F)F)cc(C(F)(F)F)c1. The zero-order chi connectivity index (χ0) is 23.0. The highest BCUT2D eigenvalue weighted by molar-refractivity contribution is 6.08. The van der Waals surface area contributed by atoms with Crippen molar-refractivity contribution in [1.82, 2.24) is 4.98 Å². The van der Waals surface area contributed by atoms with Gasteiger partial charge in [-0.15, -0.1) is 0 Å². The van der Waals surface area contributed by atoms with Crippen LogP contribution in [-0.4, -0.2) is 17.9 Å². The van der Waals surface area contributed by atoms with E-state index in [0.29, 0.717) is 17.7 Å². The summed E-state index contributed by atoms with van der Waals surface area (Å²) in [6.45, 7) is 1.84. The van der Waals surface area contributed by atoms with Crippen LogP contribution in [0.3, 0.4) is 0 Å². The van der Waals surface area contributed by atoms with Gasteiger partial charge in [-0.2, -0.15) is 26.3 Å². The number of hydrogen-bond donors (Lipinski definition) is 0. The van der Waals surface area contributed by atoms with Gasteiger partial charge in [0.25, 0.3) is 5.91 Å². The smallest absolute Gasteiger partial charge is 0.309 e. The monoisotopic (exact) mass is 438 g/mol. The molecule has 2 aromatic carbocycles. The number of hydrogen-bond acceptors (Lipinski definition) is 2. The van der Waals surface area contributed by atoms with E-state index >= 15 is 0 Å². The van der Waals surface area contributed by atoms with Crippen LogP contribution < -0.4 is 4.90 Å². The fourth-order valence-electron chi connectivity index (χ4n) is 3.14. The largest absolute Gasteiger partial charge is 0.416 e. The molecule has 0 aliphatic carbocycles. The second kappa shape index (κ2) is 8.05. The second-order valence-corrected chi connectivity index (χ2v) is 6.87. The van der Waals surface area contributed by atoms with Crippen LogP contribution in [0.2, 0.25) is 0 Å². The van der Waals surface area contributed by atoms with Gasteiger partial charge in [-0.1, -0.05) is 24.3 Å². The first kappa shape index (κ1) is 22.3. The molecular weight excluding hydrogens is 422 g/mol. The average Bonchev–Trinajstić information content (AvgIpc) is 2.71. The molecule has 3 rings (SSSR count). The summed E-state index contributed by atoms with van der Waals surface area (Å²) in [4.78, 5) is 17.9. The number of rotatable bonds is 3. The molecule has 0 spiro atoms. The summed E-state index contributed by atoms with van der Waals surface area (Å²) >= 11 is 0. The van der Waals surface area contributed by atoms with Crippen LogP contribution in [0.15, 0.2) is 60.9 Å². The lowest BCUT2D eigenvalue weighted by Gasteiger charge is -2.22. The van der Waals surface area contributed by atoms with Gasteiger partial charge >= 0.3 is 12.4 Å². The zero-order valence-electron chi connectivity index (χ0n) is 16.3. The Morgan fingerprint density at radius 3 is 2.00 bits per heavy atom. The van der Waals surface area contributed by atoms with E-state index in [0.717, 1.165) is 16.0 Å². The molecular formula is C22H16F6N2O. The summed E-state index contributed by atoms with van der Waals surface area (Å²) < 4.78 is 78.9. The van der Waals surface area contributed by atoms with Crippen molar-refractivity contribution in [2.45, 2.75) is 19.3 Å². The van der Waals surface area contributed by atoms with Gasteiger partial charge in [-0.05, 0) is 42.3 Å². The van der Waals surface area contributed by atoms with Crippen molar-refractivity contribution in [1.29, 1.82) is 0 Å². The highest BCUT2D eigenvalue weighted by Gasteiger charge is 2.38. The lowest BCUT2D eigenvalue weighted by molar-refractivity contribution is -0.143. The van der Waals surface area contributed by atoms with E-state index in [1.165, 1.54) is 19.4 Å². The van der Waals surface area contributed by atoms with Gasteiger partial charge in [0.05, 0.1) is 23.0 Å². The van der Waals surface area contributed by atoms with Gasteiger partial charge in [0, 0.05) is 24.4 Å². The molecule has 0 aliphatic heterocycles. The van der Waals surface area contributed by atoms with E-state index in [1.807, 2.05) is 19.1 Å². The molecule has 0 radical (unpaired) electrons. The van der Waals surface area contributed by atoms with Crippen molar-refractivity contribution in [3.05, 3.63) is 83.2 Å². The van der Waals surface area contributed by atoms with Gasteiger partial charge in [-0.25, -0.2) is 0 Å². The fourth-order valence-corrected chi connectivity index (χ4v) is 3.14. The lowest BCUT2D eigenvalue weighted by atomic mass is 9.99. The van der Waals surface area contributed by atoms with Gasteiger partial charge in [0.2, 0.25) is 0 Å². The summed E-state index contributed by atoms with van der Waals surface area (Å²) in [6, 6.07) is 9.65. The van der Waals surface area contributed by atoms with Crippen molar-refractivity contribution >= 4 is 11.6 Å². The minimum atomic E-state index is -5.05. The number of anilines is 1. The van der Waals surface area contributed by atoms with E-state index in [9.17, 15) is 31.1 Å². The van der Waals surface area contributed by atoms with Gasteiger partial charge in [-0.3, -0.25) is 9.78 Å². The normalized spacial score (nSPS) is 12.0. The molecule has 3 aromatic rings. The van der Waals surface area contributed by atoms with Crippen molar-refractivity contribution < 1.29 is 31.1 Å². The molecule has 1 amide bonds. The number of aromatic nitrogens is 1. The maximum atomic E-state index is 13.2. The van der Waals surface area contributed by atoms with Gasteiger partial charge in [0.1, 0.15) is 0 Å². The van der Waals surface area contributed by atoms with Crippen molar-refractivity contribution in [3.63, 3.8) is 0 Å².